The van der Waals surface area contributed by atoms with Gasteiger partial charge < -0.3 is 10.0 Å². The molecule has 0 aliphatic carbocycles. The zero-order valence-corrected chi connectivity index (χ0v) is 19.2. The number of nitrogens with zero attached hydrogens (tertiary/aromatic N) is 1. The van der Waals surface area contributed by atoms with Crippen molar-refractivity contribution in [2.45, 2.75) is 38.3 Å². The lowest BCUT2D eigenvalue weighted by Gasteiger charge is -2.23. The fourth-order valence-electron chi connectivity index (χ4n) is 4.16. The van der Waals surface area contributed by atoms with Gasteiger partial charge in [-0.05, 0) is 30.2 Å². The van der Waals surface area contributed by atoms with Crippen molar-refractivity contribution in [2.24, 2.45) is 0 Å². The third kappa shape index (κ3) is 4.06. The first-order chi connectivity index (χ1) is 15.3. The number of halogens is 2. The Morgan fingerprint density at radius 1 is 0.969 bits per heavy atom. The second-order valence-corrected chi connectivity index (χ2v) is 8.83. The summed E-state index contributed by atoms with van der Waals surface area (Å²) in [6.45, 7) is 2.19. The lowest BCUT2D eigenvalue weighted by Crippen LogP contribution is -2.41. The molecule has 3 aromatic rings. The van der Waals surface area contributed by atoms with Crippen molar-refractivity contribution in [1.82, 2.24) is 0 Å². The van der Waals surface area contributed by atoms with E-state index < -0.39 is 11.5 Å². The van der Waals surface area contributed by atoms with Crippen molar-refractivity contribution >= 4 is 40.6 Å². The Balaban J connectivity index is 1.65. The minimum Gasteiger partial charge on any atom is -0.375 e. The molecule has 1 aliphatic heterocycles. The normalized spacial score (nSPS) is 17.5. The Hall–Kier alpha value is -2.66. The zero-order valence-electron chi connectivity index (χ0n) is 17.6. The van der Waals surface area contributed by atoms with Crippen LogP contribution in [-0.4, -0.2) is 16.8 Å². The van der Waals surface area contributed by atoms with Gasteiger partial charge in [-0.1, -0.05) is 85.1 Å². The van der Waals surface area contributed by atoms with Crippen LogP contribution in [0.25, 0.3) is 0 Å². The number of para-hydroxylation sites is 1. The number of Topliss-reactive ketones (excluding diaryl/α,β-unsaturated/α-hetero) is 1. The van der Waals surface area contributed by atoms with Crippen molar-refractivity contribution < 1.29 is 14.7 Å². The third-order valence-corrected chi connectivity index (χ3v) is 6.56. The molecule has 1 aliphatic rings. The molecule has 1 heterocycles. The van der Waals surface area contributed by atoms with Crippen LogP contribution in [0.4, 0.5) is 5.69 Å². The van der Waals surface area contributed by atoms with Crippen LogP contribution in [0.5, 0.6) is 0 Å². The fraction of sp³-hybridized carbons (Fsp3) is 0.231. The van der Waals surface area contributed by atoms with Gasteiger partial charge >= 0.3 is 0 Å². The standard InChI is InChI=1S/C26H23Cl2NO3/c1-2-6-17-11-13-18(14-12-17)24(30)15-26(32)20-7-3-4-10-23(20)29(25(26)31)16-19-21(27)8-5-9-22(19)28/h3-5,7-14,32H,2,6,15-16H2,1H3. The molecule has 0 radical (unpaired) electrons. The summed E-state index contributed by atoms with van der Waals surface area (Å²) in [5.74, 6) is -0.859. The Morgan fingerprint density at radius 3 is 2.28 bits per heavy atom. The van der Waals surface area contributed by atoms with Gasteiger partial charge in [-0.15, -0.1) is 0 Å². The molecule has 4 rings (SSSR count). The summed E-state index contributed by atoms with van der Waals surface area (Å²) < 4.78 is 0. The summed E-state index contributed by atoms with van der Waals surface area (Å²) in [6, 6.07) is 19.4. The largest absolute Gasteiger partial charge is 0.375 e. The highest BCUT2D eigenvalue weighted by molar-refractivity contribution is 6.36. The molecule has 1 atom stereocenters. The summed E-state index contributed by atoms with van der Waals surface area (Å²) in [5, 5.41) is 12.4. The molecule has 1 N–H and O–H groups in total. The number of aliphatic hydroxyl groups is 1. The SMILES string of the molecule is CCCc1ccc(C(=O)CC2(O)C(=O)N(Cc3c(Cl)cccc3Cl)c3ccccc32)cc1. The number of anilines is 1. The van der Waals surface area contributed by atoms with Crippen LogP contribution in [0.3, 0.4) is 0 Å². The topological polar surface area (TPSA) is 57.6 Å². The Bertz CT molecular complexity index is 1160. The molecule has 164 valence electrons. The monoisotopic (exact) mass is 467 g/mol. The van der Waals surface area contributed by atoms with Gasteiger partial charge in [-0.3, -0.25) is 9.59 Å². The van der Waals surface area contributed by atoms with Crippen LogP contribution in [0.2, 0.25) is 10.0 Å². The van der Waals surface area contributed by atoms with Crippen LogP contribution < -0.4 is 4.90 Å². The van der Waals surface area contributed by atoms with E-state index in [0.29, 0.717) is 32.4 Å². The summed E-state index contributed by atoms with van der Waals surface area (Å²) >= 11 is 12.6. The van der Waals surface area contributed by atoms with Crippen LogP contribution in [-0.2, 0) is 23.4 Å². The number of fused-ring (bicyclic) bond motifs is 1. The molecule has 6 heteroatoms. The minimum absolute atomic E-state index is 0.0938. The van der Waals surface area contributed by atoms with Gasteiger partial charge in [-0.25, -0.2) is 0 Å². The number of carbonyl (C=O) groups is 2. The molecule has 0 spiro atoms. The zero-order chi connectivity index (χ0) is 22.9. The summed E-state index contributed by atoms with van der Waals surface area (Å²) in [4.78, 5) is 27.9. The van der Waals surface area contributed by atoms with Gasteiger partial charge in [0.15, 0.2) is 11.4 Å². The molecule has 1 amide bonds. The maximum absolute atomic E-state index is 13.5. The molecule has 0 saturated heterocycles. The second-order valence-electron chi connectivity index (χ2n) is 8.02. The van der Waals surface area contributed by atoms with Gasteiger partial charge in [-0.2, -0.15) is 0 Å². The first kappa shape index (κ1) is 22.5. The number of ketones is 1. The maximum Gasteiger partial charge on any atom is 0.264 e. The quantitative estimate of drug-likeness (QED) is 0.436. The summed E-state index contributed by atoms with van der Waals surface area (Å²) in [5.41, 5.74) is 1.19. The lowest BCUT2D eigenvalue weighted by molar-refractivity contribution is -0.136. The smallest absolute Gasteiger partial charge is 0.264 e. The number of amides is 1. The molecule has 4 nitrogen and oxygen atoms in total. The number of hydrogen-bond acceptors (Lipinski definition) is 3. The van der Waals surface area contributed by atoms with E-state index in [1.54, 1.807) is 54.6 Å². The first-order valence-electron chi connectivity index (χ1n) is 10.5. The van der Waals surface area contributed by atoms with Crippen molar-refractivity contribution in [3.05, 3.63) is 99.0 Å². The number of benzene rings is 3. The summed E-state index contributed by atoms with van der Waals surface area (Å²) in [6.07, 6.45) is 1.61. The van der Waals surface area contributed by atoms with Crippen molar-refractivity contribution in [3.8, 4) is 0 Å². The third-order valence-electron chi connectivity index (χ3n) is 5.85. The Morgan fingerprint density at radius 2 is 1.62 bits per heavy atom. The molecule has 0 saturated carbocycles. The number of aryl methyl sites for hydroxylation is 1. The predicted octanol–water partition coefficient (Wildman–Crippen LogP) is 5.95. The number of carbonyl (C=O) groups excluding carboxylic acids is 2. The van der Waals surface area contributed by atoms with Crippen LogP contribution in [0.1, 0.15) is 46.8 Å². The van der Waals surface area contributed by atoms with E-state index in [2.05, 4.69) is 6.92 Å². The maximum atomic E-state index is 13.5. The average Bonchev–Trinajstić information content (AvgIpc) is 2.98. The van der Waals surface area contributed by atoms with E-state index in [1.807, 2.05) is 12.1 Å². The predicted molar refractivity (Wildman–Crippen MR) is 127 cm³/mol. The lowest BCUT2D eigenvalue weighted by atomic mass is 9.88. The van der Waals surface area contributed by atoms with Gasteiger partial charge in [0.1, 0.15) is 0 Å². The molecular weight excluding hydrogens is 445 g/mol. The fourth-order valence-corrected chi connectivity index (χ4v) is 4.67. The van der Waals surface area contributed by atoms with Gasteiger partial charge in [0.05, 0.1) is 18.7 Å². The Kier molecular flexibility index (Phi) is 6.38. The molecule has 1 unspecified atom stereocenters. The van der Waals surface area contributed by atoms with Crippen LogP contribution >= 0.6 is 23.2 Å². The molecular formula is C26H23Cl2NO3. The number of rotatable bonds is 7. The van der Waals surface area contributed by atoms with Crippen molar-refractivity contribution in [2.75, 3.05) is 4.90 Å². The average molecular weight is 468 g/mol. The minimum atomic E-state index is -1.95. The highest BCUT2D eigenvalue weighted by Crippen LogP contribution is 2.44. The highest BCUT2D eigenvalue weighted by atomic mass is 35.5. The van der Waals surface area contributed by atoms with E-state index in [9.17, 15) is 14.7 Å². The van der Waals surface area contributed by atoms with Crippen molar-refractivity contribution in [1.29, 1.82) is 0 Å². The summed E-state index contributed by atoms with van der Waals surface area (Å²) in [7, 11) is 0. The van der Waals surface area contributed by atoms with Crippen molar-refractivity contribution in [3.63, 3.8) is 0 Å². The van der Waals surface area contributed by atoms with Gasteiger partial charge in [0.2, 0.25) is 0 Å². The first-order valence-corrected chi connectivity index (χ1v) is 11.3. The van der Waals surface area contributed by atoms with E-state index in [1.165, 1.54) is 4.90 Å². The van der Waals surface area contributed by atoms with Gasteiger partial charge in [0.25, 0.3) is 5.91 Å². The van der Waals surface area contributed by atoms with Gasteiger partial charge in [0, 0.05) is 26.7 Å². The molecule has 3 aromatic carbocycles. The second kappa shape index (κ2) is 9.07. The number of hydrogen-bond donors (Lipinski definition) is 1. The van der Waals surface area contributed by atoms with E-state index >= 15 is 0 Å². The molecule has 0 aromatic heterocycles. The molecule has 32 heavy (non-hydrogen) atoms. The molecule has 0 bridgehead atoms. The Labute approximate surface area is 197 Å². The molecule has 0 fully saturated rings. The van der Waals surface area contributed by atoms with Crippen LogP contribution in [0.15, 0.2) is 66.7 Å². The van der Waals surface area contributed by atoms with Crippen LogP contribution in [0, 0.1) is 0 Å². The van der Waals surface area contributed by atoms with E-state index in [4.69, 9.17) is 23.2 Å². The highest BCUT2D eigenvalue weighted by Gasteiger charge is 2.50. The van der Waals surface area contributed by atoms with E-state index in [-0.39, 0.29) is 18.7 Å². The van der Waals surface area contributed by atoms with E-state index in [0.717, 1.165) is 18.4 Å².